The minimum atomic E-state index is -0.178. The van der Waals surface area contributed by atoms with Gasteiger partial charge >= 0.3 is 0 Å². The first-order chi connectivity index (χ1) is 12.2. The monoisotopic (exact) mass is 340 g/mol. The lowest BCUT2D eigenvalue weighted by Crippen LogP contribution is -2.31. The summed E-state index contributed by atoms with van der Waals surface area (Å²) < 4.78 is 0. The topological polar surface area (TPSA) is 71.2 Å². The molecule has 1 aromatic heterocycles. The summed E-state index contributed by atoms with van der Waals surface area (Å²) in [4.78, 5) is 18.2. The standard InChI is InChI=1S/C20H28N4O/c1-3-13-24(4-2)19-12-11-18(15-22-19)10-7-16-5-8-17(9-6-16)14-20(25)23-21/h5-6,8-9,11-12,15H,3-4,7,10,13-14,21H2,1-2H3,(H,23,25). The fraction of sp³-hybridized carbons (Fsp3) is 0.400. The third-order valence-electron chi connectivity index (χ3n) is 4.26. The fourth-order valence-electron chi connectivity index (χ4n) is 2.81. The molecule has 0 radical (unpaired) electrons. The lowest BCUT2D eigenvalue weighted by atomic mass is 10.0. The molecule has 0 saturated heterocycles. The van der Waals surface area contributed by atoms with Gasteiger partial charge in [-0.15, -0.1) is 0 Å². The van der Waals surface area contributed by atoms with Crippen molar-refractivity contribution in [3.8, 4) is 0 Å². The van der Waals surface area contributed by atoms with Crippen molar-refractivity contribution in [1.82, 2.24) is 10.4 Å². The van der Waals surface area contributed by atoms with E-state index in [4.69, 9.17) is 5.84 Å². The second-order valence-electron chi connectivity index (χ2n) is 6.17. The van der Waals surface area contributed by atoms with Crippen LogP contribution >= 0.6 is 0 Å². The number of carbonyl (C=O) groups is 1. The van der Waals surface area contributed by atoms with Gasteiger partial charge in [0, 0.05) is 19.3 Å². The summed E-state index contributed by atoms with van der Waals surface area (Å²) in [6.45, 7) is 6.36. The number of nitrogens with zero attached hydrogens (tertiary/aromatic N) is 2. The van der Waals surface area contributed by atoms with Gasteiger partial charge in [-0.25, -0.2) is 10.8 Å². The van der Waals surface area contributed by atoms with Crippen LogP contribution in [-0.2, 0) is 24.1 Å². The predicted octanol–water partition coefficient (Wildman–Crippen LogP) is 2.64. The molecule has 0 saturated carbocycles. The molecule has 134 valence electrons. The third-order valence-corrected chi connectivity index (χ3v) is 4.26. The van der Waals surface area contributed by atoms with E-state index in [9.17, 15) is 4.79 Å². The van der Waals surface area contributed by atoms with E-state index in [1.54, 1.807) is 0 Å². The Kier molecular flexibility index (Phi) is 7.41. The first-order valence-electron chi connectivity index (χ1n) is 8.93. The zero-order valence-corrected chi connectivity index (χ0v) is 15.2. The van der Waals surface area contributed by atoms with Crippen molar-refractivity contribution in [2.45, 2.75) is 39.5 Å². The average molecular weight is 340 g/mol. The van der Waals surface area contributed by atoms with Crippen molar-refractivity contribution in [2.75, 3.05) is 18.0 Å². The van der Waals surface area contributed by atoms with Crippen LogP contribution in [0.1, 0.15) is 37.0 Å². The second-order valence-corrected chi connectivity index (χ2v) is 6.17. The molecule has 5 heteroatoms. The summed E-state index contributed by atoms with van der Waals surface area (Å²) in [6, 6.07) is 12.4. The van der Waals surface area contributed by atoms with Crippen molar-refractivity contribution in [3.05, 3.63) is 59.3 Å². The van der Waals surface area contributed by atoms with Gasteiger partial charge in [-0.1, -0.05) is 37.3 Å². The number of benzene rings is 1. The molecule has 5 nitrogen and oxygen atoms in total. The van der Waals surface area contributed by atoms with Crippen LogP contribution in [0.15, 0.2) is 42.6 Å². The number of anilines is 1. The summed E-state index contributed by atoms with van der Waals surface area (Å²) in [5, 5.41) is 0. The SMILES string of the molecule is CCCN(CC)c1ccc(CCc2ccc(CC(=O)NN)cc2)cn1. The molecule has 0 aliphatic heterocycles. The summed E-state index contributed by atoms with van der Waals surface area (Å²) in [5.74, 6) is 5.98. The van der Waals surface area contributed by atoms with Crippen LogP contribution in [-0.4, -0.2) is 24.0 Å². The van der Waals surface area contributed by atoms with Gasteiger partial charge in [0.05, 0.1) is 6.42 Å². The largest absolute Gasteiger partial charge is 0.357 e. The Morgan fingerprint density at radius 1 is 1.04 bits per heavy atom. The molecule has 0 spiro atoms. The molecular formula is C20H28N4O. The van der Waals surface area contributed by atoms with Crippen molar-refractivity contribution in [3.63, 3.8) is 0 Å². The van der Waals surface area contributed by atoms with Gasteiger partial charge in [0.15, 0.2) is 0 Å². The number of nitrogens with two attached hydrogens (primary N) is 1. The summed E-state index contributed by atoms with van der Waals surface area (Å²) in [6.07, 6.45) is 5.33. The Labute approximate surface area is 150 Å². The number of aryl methyl sites for hydroxylation is 2. The van der Waals surface area contributed by atoms with E-state index in [2.05, 4.69) is 53.4 Å². The van der Waals surface area contributed by atoms with E-state index in [1.165, 1.54) is 11.1 Å². The highest BCUT2D eigenvalue weighted by molar-refractivity contribution is 5.77. The maximum absolute atomic E-state index is 11.3. The summed E-state index contributed by atoms with van der Waals surface area (Å²) >= 11 is 0. The number of amides is 1. The molecule has 0 fully saturated rings. The number of rotatable bonds is 9. The molecular weight excluding hydrogens is 312 g/mol. The maximum atomic E-state index is 11.3. The number of hydrogen-bond donors (Lipinski definition) is 2. The summed E-state index contributed by atoms with van der Waals surface area (Å²) in [7, 11) is 0. The molecule has 3 N–H and O–H groups in total. The fourth-order valence-corrected chi connectivity index (χ4v) is 2.81. The van der Waals surface area contributed by atoms with Crippen LogP contribution < -0.4 is 16.2 Å². The van der Waals surface area contributed by atoms with Crippen LogP contribution in [0.2, 0.25) is 0 Å². The second kappa shape index (κ2) is 9.79. The van der Waals surface area contributed by atoms with E-state index < -0.39 is 0 Å². The smallest absolute Gasteiger partial charge is 0.238 e. The zero-order valence-electron chi connectivity index (χ0n) is 15.2. The predicted molar refractivity (Wildman–Crippen MR) is 102 cm³/mol. The van der Waals surface area contributed by atoms with Crippen molar-refractivity contribution < 1.29 is 4.79 Å². The summed E-state index contributed by atoms with van der Waals surface area (Å²) in [5.41, 5.74) is 5.61. The quantitative estimate of drug-likeness (QED) is 0.418. The van der Waals surface area contributed by atoms with E-state index >= 15 is 0 Å². The number of hydrazine groups is 1. The van der Waals surface area contributed by atoms with Gasteiger partial charge in [-0.3, -0.25) is 10.2 Å². The number of pyridine rings is 1. The van der Waals surface area contributed by atoms with Crippen molar-refractivity contribution >= 4 is 11.7 Å². The van der Waals surface area contributed by atoms with E-state index in [1.807, 2.05) is 18.3 Å². The average Bonchev–Trinajstić information content (AvgIpc) is 2.66. The van der Waals surface area contributed by atoms with Crippen LogP contribution in [0.3, 0.4) is 0 Å². The molecule has 0 bridgehead atoms. The number of nitrogens with one attached hydrogen (secondary N) is 1. The van der Waals surface area contributed by atoms with Crippen molar-refractivity contribution in [1.29, 1.82) is 0 Å². The first kappa shape index (κ1) is 18.9. The maximum Gasteiger partial charge on any atom is 0.238 e. The Bertz CT molecular complexity index is 652. The number of hydrogen-bond acceptors (Lipinski definition) is 4. The number of carbonyl (C=O) groups excluding carboxylic acids is 1. The van der Waals surface area contributed by atoms with Gasteiger partial charge in [-0.2, -0.15) is 0 Å². The minimum Gasteiger partial charge on any atom is -0.357 e. The van der Waals surface area contributed by atoms with Crippen LogP contribution in [0.25, 0.3) is 0 Å². The first-order valence-corrected chi connectivity index (χ1v) is 8.93. The molecule has 0 unspecified atom stereocenters. The van der Waals surface area contributed by atoms with Gasteiger partial charge in [-0.05, 0) is 48.9 Å². The molecule has 0 atom stereocenters. The van der Waals surface area contributed by atoms with Crippen molar-refractivity contribution in [2.24, 2.45) is 5.84 Å². The molecule has 0 aliphatic carbocycles. The Morgan fingerprint density at radius 3 is 2.24 bits per heavy atom. The molecule has 2 aromatic rings. The Hall–Kier alpha value is -2.40. The van der Waals surface area contributed by atoms with Gasteiger partial charge < -0.3 is 4.90 Å². The lowest BCUT2D eigenvalue weighted by Gasteiger charge is -2.21. The molecule has 0 aliphatic rings. The highest BCUT2D eigenvalue weighted by atomic mass is 16.2. The molecule has 1 heterocycles. The Balaban J connectivity index is 1.89. The Morgan fingerprint density at radius 2 is 1.68 bits per heavy atom. The molecule has 1 aromatic carbocycles. The zero-order chi connectivity index (χ0) is 18.1. The molecule has 1 amide bonds. The highest BCUT2D eigenvalue weighted by Gasteiger charge is 2.05. The van der Waals surface area contributed by atoms with Gasteiger partial charge in [0.2, 0.25) is 5.91 Å². The third kappa shape index (κ3) is 5.87. The van der Waals surface area contributed by atoms with Crippen LogP contribution in [0, 0.1) is 0 Å². The van der Waals surface area contributed by atoms with E-state index in [0.29, 0.717) is 6.42 Å². The molecule has 25 heavy (non-hydrogen) atoms. The van der Waals surface area contributed by atoms with Gasteiger partial charge in [0.1, 0.15) is 5.82 Å². The van der Waals surface area contributed by atoms with Crippen LogP contribution in [0.5, 0.6) is 0 Å². The lowest BCUT2D eigenvalue weighted by molar-refractivity contribution is -0.120. The molecule has 2 rings (SSSR count). The number of aromatic nitrogens is 1. The normalized spacial score (nSPS) is 10.5. The minimum absolute atomic E-state index is 0.178. The van der Waals surface area contributed by atoms with Crippen LogP contribution in [0.4, 0.5) is 5.82 Å². The highest BCUT2D eigenvalue weighted by Crippen LogP contribution is 2.14. The van der Waals surface area contributed by atoms with E-state index in [0.717, 1.165) is 43.7 Å². The van der Waals surface area contributed by atoms with Gasteiger partial charge in [0.25, 0.3) is 0 Å². The van der Waals surface area contributed by atoms with E-state index in [-0.39, 0.29) is 5.91 Å².